The Kier molecular flexibility index (Phi) is 2.44. The Morgan fingerprint density at radius 1 is 1.12 bits per heavy atom. The van der Waals surface area contributed by atoms with Crippen LogP contribution in [-0.2, 0) is 4.79 Å². The molecule has 1 aromatic rings. The predicted octanol–water partition coefficient (Wildman–Crippen LogP) is 2.00. The van der Waals surface area contributed by atoms with E-state index in [1.165, 1.54) is 0 Å². The van der Waals surface area contributed by atoms with Crippen LogP contribution in [0.5, 0.6) is 17.2 Å². The zero-order valence-electron chi connectivity index (χ0n) is 8.86. The van der Waals surface area contributed by atoms with Gasteiger partial charge in [-0.25, -0.2) is 0 Å². The lowest BCUT2D eigenvalue weighted by atomic mass is 10.1. The molecular weight excluding hydrogens is 244 g/mol. The number of carbonyl (C=O) groups is 1. The van der Waals surface area contributed by atoms with Gasteiger partial charge in [0.1, 0.15) is 19.8 Å². The van der Waals surface area contributed by atoms with Gasteiger partial charge in [-0.3, -0.25) is 4.79 Å². The highest BCUT2D eigenvalue weighted by molar-refractivity contribution is 6.51. The fraction of sp³-hybridized carbons (Fsp3) is 0.250. The second kappa shape index (κ2) is 3.96. The van der Waals surface area contributed by atoms with Crippen LogP contribution in [0.4, 0.5) is 0 Å². The molecule has 88 valence electrons. The first-order valence-corrected chi connectivity index (χ1v) is 5.58. The summed E-state index contributed by atoms with van der Waals surface area (Å²) in [6.07, 6.45) is 0.710. The van der Waals surface area contributed by atoms with Crippen LogP contribution in [0.3, 0.4) is 0 Å². The van der Waals surface area contributed by atoms with Gasteiger partial charge in [0.25, 0.3) is 0 Å². The van der Waals surface area contributed by atoms with Crippen LogP contribution in [-0.4, -0.2) is 26.1 Å². The first-order valence-electron chi connectivity index (χ1n) is 5.21. The molecule has 17 heavy (non-hydrogen) atoms. The second-order valence-corrected chi connectivity index (χ2v) is 4.09. The van der Waals surface area contributed by atoms with Crippen molar-refractivity contribution in [2.75, 3.05) is 19.8 Å². The van der Waals surface area contributed by atoms with Crippen molar-refractivity contribution in [2.45, 2.75) is 0 Å². The van der Waals surface area contributed by atoms with Crippen LogP contribution in [0.25, 0.3) is 5.03 Å². The monoisotopic (exact) mass is 252 g/mol. The van der Waals surface area contributed by atoms with Crippen LogP contribution in [0.1, 0.15) is 5.56 Å². The van der Waals surface area contributed by atoms with E-state index in [1.807, 2.05) is 0 Å². The van der Waals surface area contributed by atoms with E-state index in [-0.39, 0.29) is 6.61 Å². The minimum absolute atomic E-state index is 0.162. The maximum atomic E-state index is 10.8. The van der Waals surface area contributed by atoms with Crippen molar-refractivity contribution in [3.05, 3.63) is 23.3 Å². The fourth-order valence-corrected chi connectivity index (χ4v) is 2.13. The molecule has 0 aromatic heterocycles. The fourth-order valence-electron chi connectivity index (χ4n) is 1.88. The summed E-state index contributed by atoms with van der Waals surface area (Å²) in [6, 6.07) is 3.54. The summed E-state index contributed by atoms with van der Waals surface area (Å²) >= 11 is 6.13. The molecule has 2 aliphatic heterocycles. The van der Waals surface area contributed by atoms with Crippen LogP contribution in [0.15, 0.2) is 17.7 Å². The number of hydrogen-bond acceptors (Lipinski definition) is 4. The van der Waals surface area contributed by atoms with Crippen LogP contribution in [0.2, 0.25) is 0 Å². The van der Waals surface area contributed by atoms with Gasteiger partial charge >= 0.3 is 0 Å². The summed E-state index contributed by atoms with van der Waals surface area (Å²) in [5.74, 6) is 1.77. The molecule has 0 spiro atoms. The van der Waals surface area contributed by atoms with Gasteiger partial charge in [0.2, 0.25) is 5.75 Å². The number of carbonyl (C=O) groups excluding carboxylic acids is 1. The van der Waals surface area contributed by atoms with Gasteiger partial charge < -0.3 is 14.2 Å². The largest absolute Gasteiger partial charge is 0.486 e. The highest BCUT2D eigenvalue weighted by atomic mass is 35.5. The van der Waals surface area contributed by atoms with Crippen LogP contribution in [0, 0.1) is 0 Å². The molecule has 0 bridgehead atoms. The van der Waals surface area contributed by atoms with Gasteiger partial charge in [-0.15, -0.1) is 0 Å². The topological polar surface area (TPSA) is 44.8 Å². The number of ether oxygens (including phenoxy) is 3. The van der Waals surface area contributed by atoms with Crippen molar-refractivity contribution in [2.24, 2.45) is 0 Å². The number of benzene rings is 1. The van der Waals surface area contributed by atoms with Crippen LogP contribution >= 0.6 is 11.6 Å². The molecular formula is C12H9ClO4. The average molecular weight is 253 g/mol. The molecule has 0 aliphatic carbocycles. The zero-order valence-corrected chi connectivity index (χ0v) is 9.62. The SMILES string of the molecule is O=CC1=C(Cl)c2ccc3c(c2OC1)OCCO3. The molecule has 0 amide bonds. The predicted molar refractivity (Wildman–Crippen MR) is 61.8 cm³/mol. The first-order chi connectivity index (χ1) is 8.31. The maximum Gasteiger partial charge on any atom is 0.204 e. The van der Waals surface area contributed by atoms with E-state index in [0.717, 1.165) is 0 Å². The van der Waals surface area contributed by atoms with E-state index < -0.39 is 0 Å². The van der Waals surface area contributed by atoms with E-state index in [1.54, 1.807) is 12.1 Å². The standard InChI is InChI=1S/C12H9ClO4/c13-10-7(5-14)6-17-11-8(10)1-2-9-12(11)16-4-3-15-9/h1-2,5H,3-4,6H2. The van der Waals surface area contributed by atoms with E-state index >= 15 is 0 Å². The van der Waals surface area contributed by atoms with Gasteiger partial charge in [0.05, 0.1) is 5.03 Å². The second-order valence-electron chi connectivity index (χ2n) is 3.71. The molecule has 0 atom stereocenters. The van der Waals surface area contributed by atoms with E-state index in [2.05, 4.69) is 0 Å². The average Bonchev–Trinajstić information content (AvgIpc) is 2.39. The van der Waals surface area contributed by atoms with Gasteiger partial charge in [-0.05, 0) is 12.1 Å². The molecule has 0 saturated heterocycles. The third kappa shape index (κ3) is 1.56. The summed E-state index contributed by atoms with van der Waals surface area (Å²) in [6.45, 7) is 1.17. The zero-order chi connectivity index (χ0) is 11.8. The van der Waals surface area contributed by atoms with Crippen molar-refractivity contribution in [3.8, 4) is 17.2 Å². The number of fused-ring (bicyclic) bond motifs is 3. The Hall–Kier alpha value is -1.68. The molecule has 5 heteroatoms. The summed E-state index contributed by atoms with van der Waals surface area (Å²) < 4.78 is 16.5. The lowest BCUT2D eigenvalue weighted by molar-refractivity contribution is -0.105. The van der Waals surface area contributed by atoms with E-state index in [0.29, 0.717) is 52.9 Å². The highest BCUT2D eigenvalue weighted by Gasteiger charge is 2.26. The normalized spacial score (nSPS) is 17.2. The Morgan fingerprint density at radius 2 is 1.94 bits per heavy atom. The van der Waals surface area contributed by atoms with Gasteiger partial charge in [0.15, 0.2) is 17.8 Å². The Labute approximate surface area is 103 Å². The van der Waals surface area contributed by atoms with Gasteiger partial charge in [-0.1, -0.05) is 11.6 Å². The molecule has 0 unspecified atom stereocenters. The maximum absolute atomic E-state index is 10.8. The number of hydrogen-bond donors (Lipinski definition) is 0. The van der Waals surface area contributed by atoms with Crippen molar-refractivity contribution in [1.82, 2.24) is 0 Å². The summed E-state index contributed by atoms with van der Waals surface area (Å²) in [7, 11) is 0. The molecule has 0 fully saturated rings. The highest BCUT2D eigenvalue weighted by Crippen LogP contribution is 2.47. The van der Waals surface area contributed by atoms with E-state index in [9.17, 15) is 4.79 Å². The summed E-state index contributed by atoms with van der Waals surface area (Å²) in [5.41, 5.74) is 1.11. The number of halogens is 1. The molecule has 2 heterocycles. The van der Waals surface area contributed by atoms with Crippen molar-refractivity contribution in [3.63, 3.8) is 0 Å². The lowest BCUT2D eigenvalue weighted by Gasteiger charge is -2.25. The molecule has 0 radical (unpaired) electrons. The molecule has 2 aliphatic rings. The van der Waals surface area contributed by atoms with Crippen molar-refractivity contribution < 1.29 is 19.0 Å². The quantitative estimate of drug-likeness (QED) is 0.717. The van der Waals surface area contributed by atoms with Crippen LogP contribution < -0.4 is 14.2 Å². The Balaban J connectivity index is 2.18. The molecule has 0 saturated carbocycles. The molecule has 1 aromatic carbocycles. The number of aldehydes is 1. The minimum Gasteiger partial charge on any atom is -0.486 e. The third-order valence-corrected chi connectivity index (χ3v) is 3.14. The lowest BCUT2D eigenvalue weighted by Crippen LogP contribution is -2.18. The molecule has 3 rings (SSSR count). The summed E-state index contributed by atoms with van der Waals surface area (Å²) in [5, 5.41) is 0.415. The van der Waals surface area contributed by atoms with Gasteiger partial charge in [-0.2, -0.15) is 0 Å². The smallest absolute Gasteiger partial charge is 0.204 e. The van der Waals surface area contributed by atoms with Gasteiger partial charge in [0, 0.05) is 11.1 Å². The molecule has 0 N–H and O–H groups in total. The van der Waals surface area contributed by atoms with Crippen molar-refractivity contribution >= 4 is 22.9 Å². The van der Waals surface area contributed by atoms with Crippen molar-refractivity contribution in [1.29, 1.82) is 0 Å². The Morgan fingerprint density at radius 3 is 2.76 bits per heavy atom. The van der Waals surface area contributed by atoms with E-state index in [4.69, 9.17) is 25.8 Å². The Bertz CT molecular complexity index is 521. The number of rotatable bonds is 1. The third-order valence-electron chi connectivity index (χ3n) is 2.70. The molecule has 4 nitrogen and oxygen atoms in total. The first kappa shape index (κ1) is 10.5. The summed E-state index contributed by atoms with van der Waals surface area (Å²) in [4.78, 5) is 10.8. The minimum atomic E-state index is 0.162.